The van der Waals surface area contributed by atoms with Crippen molar-refractivity contribution < 1.29 is 4.74 Å². The summed E-state index contributed by atoms with van der Waals surface area (Å²) in [5.74, 6) is 1.56. The molecule has 0 aromatic rings. The maximum atomic E-state index is 5.62. The molecule has 1 rings (SSSR count). The molecule has 1 aliphatic carbocycles. The van der Waals surface area contributed by atoms with Crippen LogP contribution in [0.5, 0.6) is 0 Å². The Morgan fingerprint density at radius 1 is 1.31 bits per heavy atom. The number of ether oxygens (including phenoxy) is 1. The molecule has 0 aliphatic heterocycles. The van der Waals surface area contributed by atoms with Crippen LogP contribution in [0.1, 0.15) is 33.1 Å². The van der Waals surface area contributed by atoms with E-state index in [1.807, 2.05) is 0 Å². The maximum Gasteiger partial charge on any atom is 0.0989 e. The normalized spacial score (nSPS) is 34.5. The first-order valence-electron chi connectivity index (χ1n) is 4.97. The fourth-order valence-corrected chi connectivity index (χ4v) is 2.28. The molecular weight excluding hydrogens is 182 g/mol. The van der Waals surface area contributed by atoms with Gasteiger partial charge in [-0.2, -0.15) is 0 Å². The number of rotatable bonds is 3. The summed E-state index contributed by atoms with van der Waals surface area (Å²) in [5, 5.41) is 0. The van der Waals surface area contributed by atoms with E-state index in [0.29, 0.717) is 17.7 Å². The summed E-state index contributed by atoms with van der Waals surface area (Å²) in [7, 11) is 0. The minimum absolute atomic E-state index is 0.375. The standard InChI is InChI=1S/C10H19NOS/c1-7-3-8(2)5-9(4-7)12-6-10(11)13/h7-9H,3-6H2,1-2H3,(H2,11,13). The summed E-state index contributed by atoms with van der Waals surface area (Å²) >= 11 is 4.78. The quantitative estimate of drug-likeness (QED) is 0.710. The van der Waals surface area contributed by atoms with E-state index in [9.17, 15) is 0 Å². The molecule has 0 aromatic heterocycles. The highest BCUT2D eigenvalue weighted by Gasteiger charge is 2.24. The minimum atomic E-state index is 0.375. The van der Waals surface area contributed by atoms with Gasteiger partial charge in [-0.3, -0.25) is 0 Å². The van der Waals surface area contributed by atoms with Gasteiger partial charge in [-0.05, 0) is 31.1 Å². The van der Waals surface area contributed by atoms with Gasteiger partial charge in [0, 0.05) is 0 Å². The van der Waals surface area contributed by atoms with Gasteiger partial charge in [-0.25, -0.2) is 0 Å². The highest BCUT2D eigenvalue weighted by atomic mass is 32.1. The number of hydrogen-bond acceptors (Lipinski definition) is 2. The first-order chi connectivity index (χ1) is 6.08. The molecule has 2 N–H and O–H groups in total. The van der Waals surface area contributed by atoms with Gasteiger partial charge in [0.1, 0.15) is 0 Å². The van der Waals surface area contributed by atoms with Crippen LogP contribution in [-0.4, -0.2) is 17.7 Å². The van der Waals surface area contributed by atoms with E-state index in [4.69, 9.17) is 22.7 Å². The van der Waals surface area contributed by atoms with Crippen LogP contribution in [0.3, 0.4) is 0 Å². The van der Waals surface area contributed by atoms with Gasteiger partial charge in [0.2, 0.25) is 0 Å². The van der Waals surface area contributed by atoms with E-state index in [1.54, 1.807) is 0 Å². The summed E-state index contributed by atoms with van der Waals surface area (Å²) in [6.07, 6.45) is 4.02. The molecule has 2 atom stereocenters. The molecule has 76 valence electrons. The molecule has 0 aromatic carbocycles. The Morgan fingerprint density at radius 3 is 2.31 bits per heavy atom. The predicted molar refractivity (Wildman–Crippen MR) is 58.7 cm³/mol. The Labute approximate surface area is 85.8 Å². The molecule has 0 spiro atoms. The lowest BCUT2D eigenvalue weighted by atomic mass is 9.82. The molecule has 0 radical (unpaired) electrons. The van der Waals surface area contributed by atoms with Gasteiger partial charge in [0.15, 0.2) is 0 Å². The fraction of sp³-hybridized carbons (Fsp3) is 0.900. The molecule has 3 heteroatoms. The average molecular weight is 201 g/mol. The third-order valence-electron chi connectivity index (χ3n) is 2.60. The lowest BCUT2D eigenvalue weighted by Crippen LogP contribution is -2.29. The lowest BCUT2D eigenvalue weighted by Gasteiger charge is -2.31. The Hall–Kier alpha value is -0.150. The topological polar surface area (TPSA) is 35.2 Å². The highest BCUT2D eigenvalue weighted by molar-refractivity contribution is 7.80. The molecule has 0 saturated heterocycles. The molecule has 2 unspecified atom stereocenters. The van der Waals surface area contributed by atoms with Gasteiger partial charge in [0.05, 0.1) is 17.7 Å². The maximum absolute atomic E-state index is 5.62. The minimum Gasteiger partial charge on any atom is -0.391 e. The molecule has 1 fully saturated rings. The van der Waals surface area contributed by atoms with Crippen molar-refractivity contribution >= 4 is 17.2 Å². The van der Waals surface area contributed by atoms with Crippen molar-refractivity contribution in [3.05, 3.63) is 0 Å². The SMILES string of the molecule is CC1CC(C)CC(OCC(N)=S)C1. The molecule has 1 saturated carbocycles. The number of nitrogens with two attached hydrogens (primary N) is 1. The van der Waals surface area contributed by atoms with Crippen molar-refractivity contribution in [3.8, 4) is 0 Å². The van der Waals surface area contributed by atoms with Gasteiger partial charge in [-0.1, -0.05) is 26.1 Å². The van der Waals surface area contributed by atoms with Crippen LogP contribution in [-0.2, 0) is 4.74 Å². The van der Waals surface area contributed by atoms with Gasteiger partial charge in [0.25, 0.3) is 0 Å². The smallest absolute Gasteiger partial charge is 0.0989 e. The Bertz CT molecular complexity index is 174. The average Bonchev–Trinajstić information content (AvgIpc) is 1.99. The van der Waals surface area contributed by atoms with Crippen LogP contribution in [0, 0.1) is 11.8 Å². The number of thiocarbonyl (C=S) groups is 1. The van der Waals surface area contributed by atoms with E-state index in [2.05, 4.69) is 13.8 Å². The summed E-state index contributed by atoms with van der Waals surface area (Å²) in [4.78, 5) is 0.464. The number of hydrogen-bond donors (Lipinski definition) is 1. The molecule has 13 heavy (non-hydrogen) atoms. The van der Waals surface area contributed by atoms with Crippen LogP contribution in [0.25, 0.3) is 0 Å². The summed E-state index contributed by atoms with van der Waals surface area (Å²) in [6, 6.07) is 0. The van der Waals surface area contributed by atoms with Gasteiger partial charge >= 0.3 is 0 Å². The molecule has 0 bridgehead atoms. The lowest BCUT2D eigenvalue weighted by molar-refractivity contribution is 0.0213. The van der Waals surface area contributed by atoms with E-state index >= 15 is 0 Å². The van der Waals surface area contributed by atoms with Crippen LogP contribution < -0.4 is 5.73 Å². The van der Waals surface area contributed by atoms with Crippen LogP contribution in [0.15, 0.2) is 0 Å². The third kappa shape index (κ3) is 4.05. The Morgan fingerprint density at radius 2 is 1.85 bits per heavy atom. The van der Waals surface area contributed by atoms with Crippen LogP contribution in [0.4, 0.5) is 0 Å². The Kier molecular flexibility index (Phi) is 4.13. The van der Waals surface area contributed by atoms with E-state index in [1.165, 1.54) is 6.42 Å². The molecule has 0 amide bonds. The van der Waals surface area contributed by atoms with E-state index in [-0.39, 0.29) is 0 Å². The van der Waals surface area contributed by atoms with E-state index < -0.39 is 0 Å². The summed E-state index contributed by atoms with van der Waals surface area (Å²) < 4.78 is 5.62. The van der Waals surface area contributed by atoms with Crippen LogP contribution >= 0.6 is 12.2 Å². The largest absolute Gasteiger partial charge is 0.391 e. The van der Waals surface area contributed by atoms with Gasteiger partial charge in [-0.15, -0.1) is 0 Å². The highest BCUT2D eigenvalue weighted by Crippen LogP contribution is 2.30. The second-order valence-electron chi connectivity index (χ2n) is 4.32. The predicted octanol–water partition coefficient (Wildman–Crippen LogP) is 2.11. The van der Waals surface area contributed by atoms with E-state index in [0.717, 1.165) is 24.7 Å². The first kappa shape index (κ1) is 10.9. The summed E-state index contributed by atoms with van der Waals surface area (Å²) in [5.41, 5.74) is 5.39. The molecule has 1 aliphatic rings. The molecule has 2 nitrogen and oxygen atoms in total. The van der Waals surface area contributed by atoms with Crippen molar-refractivity contribution in [1.29, 1.82) is 0 Å². The molecular formula is C10H19NOS. The first-order valence-corrected chi connectivity index (χ1v) is 5.38. The van der Waals surface area contributed by atoms with Crippen molar-refractivity contribution in [1.82, 2.24) is 0 Å². The van der Waals surface area contributed by atoms with Gasteiger partial charge < -0.3 is 10.5 Å². The monoisotopic (exact) mass is 201 g/mol. The van der Waals surface area contributed by atoms with Crippen molar-refractivity contribution in [2.45, 2.75) is 39.2 Å². The zero-order valence-corrected chi connectivity index (χ0v) is 9.27. The van der Waals surface area contributed by atoms with Crippen molar-refractivity contribution in [2.75, 3.05) is 6.61 Å². The zero-order chi connectivity index (χ0) is 9.84. The van der Waals surface area contributed by atoms with Crippen molar-refractivity contribution in [3.63, 3.8) is 0 Å². The summed E-state index contributed by atoms with van der Waals surface area (Å²) in [6.45, 7) is 5.01. The van der Waals surface area contributed by atoms with Crippen molar-refractivity contribution in [2.24, 2.45) is 17.6 Å². The zero-order valence-electron chi connectivity index (χ0n) is 8.45. The third-order valence-corrected chi connectivity index (χ3v) is 2.71. The second kappa shape index (κ2) is 4.91. The second-order valence-corrected chi connectivity index (χ2v) is 4.84. The Balaban J connectivity index is 2.28. The fourth-order valence-electron chi connectivity index (χ4n) is 2.21. The van der Waals surface area contributed by atoms with Crippen LogP contribution in [0.2, 0.25) is 0 Å². The molecule has 0 heterocycles.